The van der Waals surface area contributed by atoms with E-state index in [2.05, 4.69) is 5.32 Å². The highest BCUT2D eigenvalue weighted by Crippen LogP contribution is 2.37. The fourth-order valence-corrected chi connectivity index (χ4v) is 5.06. The lowest BCUT2D eigenvalue weighted by Gasteiger charge is -2.36. The number of amides is 3. The maximum absolute atomic E-state index is 13.3. The lowest BCUT2D eigenvalue weighted by atomic mass is 10.2. The number of urea groups is 1. The molecule has 0 fully saturated rings. The van der Waals surface area contributed by atoms with E-state index in [9.17, 15) is 18.0 Å². The molecule has 154 valence electrons. The largest absolute Gasteiger partial charge is 0.352 e. The second-order valence-electron chi connectivity index (χ2n) is 6.68. The molecule has 1 aliphatic rings. The molecule has 2 aromatic rings. The predicted molar refractivity (Wildman–Crippen MR) is 115 cm³/mol. The van der Waals surface area contributed by atoms with Crippen LogP contribution in [0.2, 0.25) is 0 Å². The molecular formula is C20H23N3O4S2. The van der Waals surface area contributed by atoms with Gasteiger partial charge in [0.05, 0.1) is 11.4 Å². The summed E-state index contributed by atoms with van der Waals surface area (Å²) < 4.78 is 27.3. The van der Waals surface area contributed by atoms with Gasteiger partial charge in [-0.15, -0.1) is 11.8 Å². The summed E-state index contributed by atoms with van der Waals surface area (Å²) in [6.45, 7) is 3.54. The molecule has 0 aromatic heterocycles. The highest BCUT2D eigenvalue weighted by molar-refractivity contribution is 7.98. The second-order valence-corrected chi connectivity index (χ2v) is 9.32. The average molecular weight is 434 g/mol. The zero-order chi connectivity index (χ0) is 21.2. The summed E-state index contributed by atoms with van der Waals surface area (Å²) >= 11 is 1.44. The van der Waals surface area contributed by atoms with Crippen molar-refractivity contribution < 1.29 is 18.0 Å². The monoisotopic (exact) mass is 433 g/mol. The SMILES string of the molecule is CC[C@H](C)NC(=O)CN1C(=O)N(c2cccc(SC)c2)S(=O)(=O)c2ccccc21. The van der Waals surface area contributed by atoms with Crippen molar-refractivity contribution in [2.75, 3.05) is 22.0 Å². The predicted octanol–water partition coefficient (Wildman–Crippen LogP) is 3.46. The standard InChI is InChI=1S/C20H23N3O4S2/c1-4-14(2)21-19(24)13-22-17-10-5-6-11-18(17)29(26,27)23(20(22)25)15-8-7-9-16(12-15)28-3/h5-12,14H,4,13H2,1-3H3,(H,21,24)/t14-/m0/s1. The number of nitrogens with zero attached hydrogens (tertiary/aromatic N) is 2. The number of fused-ring (bicyclic) bond motifs is 1. The van der Waals surface area contributed by atoms with E-state index >= 15 is 0 Å². The minimum atomic E-state index is -4.11. The fourth-order valence-electron chi connectivity index (χ4n) is 3.02. The van der Waals surface area contributed by atoms with Crippen LogP contribution in [0.5, 0.6) is 0 Å². The van der Waals surface area contributed by atoms with Crippen LogP contribution in [0.4, 0.5) is 16.2 Å². The summed E-state index contributed by atoms with van der Waals surface area (Å²) in [6.07, 6.45) is 2.62. The van der Waals surface area contributed by atoms with E-state index in [0.717, 1.165) is 15.6 Å². The van der Waals surface area contributed by atoms with Gasteiger partial charge in [-0.2, -0.15) is 4.31 Å². The van der Waals surface area contributed by atoms with E-state index in [1.54, 1.807) is 30.3 Å². The Morgan fingerprint density at radius 3 is 2.59 bits per heavy atom. The lowest BCUT2D eigenvalue weighted by molar-refractivity contribution is -0.120. The van der Waals surface area contributed by atoms with Gasteiger partial charge in [-0.3, -0.25) is 9.69 Å². The van der Waals surface area contributed by atoms with Gasteiger partial charge in [0.2, 0.25) is 5.91 Å². The Morgan fingerprint density at radius 2 is 1.90 bits per heavy atom. The maximum atomic E-state index is 13.3. The first-order valence-corrected chi connectivity index (χ1v) is 11.8. The van der Waals surface area contributed by atoms with Gasteiger partial charge < -0.3 is 5.32 Å². The number of hydrogen-bond donors (Lipinski definition) is 1. The highest BCUT2D eigenvalue weighted by Gasteiger charge is 2.43. The number of hydrogen-bond acceptors (Lipinski definition) is 5. The second kappa shape index (κ2) is 8.46. The topological polar surface area (TPSA) is 86.8 Å². The van der Waals surface area contributed by atoms with Crippen molar-refractivity contribution in [2.24, 2.45) is 0 Å². The van der Waals surface area contributed by atoms with Gasteiger partial charge in [-0.05, 0) is 49.9 Å². The van der Waals surface area contributed by atoms with Crippen molar-refractivity contribution >= 4 is 45.1 Å². The van der Waals surface area contributed by atoms with E-state index in [4.69, 9.17) is 0 Å². The fraction of sp³-hybridized carbons (Fsp3) is 0.300. The van der Waals surface area contributed by atoms with Crippen molar-refractivity contribution in [1.82, 2.24) is 5.32 Å². The molecule has 3 rings (SSSR count). The normalized spacial score (nSPS) is 16.3. The number of para-hydroxylation sites is 1. The van der Waals surface area contributed by atoms with E-state index in [1.807, 2.05) is 26.2 Å². The first-order chi connectivity index (χ1) is 13.8. The Hall–Kier alpha value is -2.52. The summed E-state index contributed by atoms with van der Waals surface area (Å²) in [5, 5.41) is 2.82. The molecule has 7 nitrogen and oxygen atoms in total. The first-order valence-electron chi connectivity index (χ1n) is 9.18. The van der Waals surface area contributed by atoms with Crippen molar-refractivity contribution in [3.8, 4) is 0 Å². The molecule has 0 radical (unpaired) electrons. The lowest BCUT2D eigenvalue weighted by Crippen LogP contribution is -2.54. The Labute approximate surface area is 175 Å². The van der Waals surface area contributed by atoms with Crippen molar-refractivity contribution in [1.29, 1.82) is 0 Å². The minimum Gasteiger partial charge on any atom is -0.352 e. The molecule has 0 spiro atoms. The molecule has 1 N–H and O–H groups in total. The molecule has 29 heavy (non-hydrogen) atoms. The van der Waals surface area contributed by atoms with Crippen LogP contribution >= 0.6 is 11.8 Å². The third-order valence-corrected chi connectivity index (χ3v) is 7.16. The molecule has 2 aromatic carbocycles. The maximum Gasteiger partial charge on any atom is 0.343 e. The molecular weight excluding hydrogens is 410 g/mol. The molecule has 0 saturated carbocycles. The van der Waals surface area contributed by atoms with Crippen molar-refractivity contribution in [3.63, 3.8) is 0 Å². The third kappa shape index (κ3) is 4.11. The quantitative estimate of drug-likeness (QED) is 0.705. The number of rotatable bonds is 6. The van der Waals surface area contributed by atoms with Gasteiger partial charge in [0.25, 0.3) is 10.0 Å². The highest BCUT2D eigenvalue weighted by atomic mass is 32.2. The molecule has 1 aliphatic heterocycles. The number of nitrogens with one attached hydrogen (secondary N) is 1. The number of anilines is 2. The molecule has 3 amide bonds. The first kappa shape index (κ1) is 21.2. The summed E-state index contributed by atoms with van der Waals surface area (Å²) in [7, 11) is -4.11. The van der Waals surface area contributed by atoms with Gasteiger partial charge in [-0.25, -0.2) is 13.2 Å². The number of thioether (sulfide) groups is 1. The summed E-state index contributed by atoms with van der Waals surface area (Å²) in [6, 6.07) is 12.2. The number of benzene rings is 2. The molecule has 0 bridgehead atoms. The van der Waals surface area contributed by atoms with Crippen LogP contribution < -0.4 is 14.5 Å². The van der Waals surface area contributed by atoms with Gasteiger partial charge >= 0.3 is 6.03 Å². The third-order valence-electron chi connectivity index (χ3n) is 4.69. The van der Waals surface area contributed by atoms with Gasteiger partial charge in [-0.1, -0.05) is 25.1 Å². The van der Waals surface area contributed by atoms with Crippen LogP contribution in [0.1, 0.15) is 20.3 Å². The number of sulfonamides is 1. The van der Waals surface area contributed by atoms with Crippen LogP contribution in [-0.4, -0.2) is 39.2 Å². The summed E-state index contributed by atoms with van der Waals surface area (Å²) in [5.74, 6) is -0.348. The molecule has 0 saturated heterocycles. The van der Waals surface area contributed by atoms with E-state index < -0.39 is 16.1 Å². The van der Waals surface area contributed by atoms with E-state index in [-0.39, 0.29) is 34.8 Å². The van der Waals surface area contributed by atoms with Crippen LogP contribution in [0, 0.1) is 0 Å². The Bertz CT molecular complexity index is 1040. The van der Waals surface area contributed by atoms with Crippen LogP contribution in [0.25, 0.3) is 0 Å². The van der Waals surface area contributed by atoms with E-state index in [1.165, 1.54) is 28.8 Å². The Balaban J connectivity index is 2.08. The number of carbonyl (C=O) groups is 2. The molecule has 9 heteroatoms. The number of carbonyl (C=O) groups excluding carboxylic acids is 2. The van der Waals surface area contributed by atoms with Gasteiger partial charge in [0, 0.05) is 10.9 Å². The molecule has 0 unspecified atom stereocenters. The Kier molecular flexibility index (Phi) is 6.18. The van der Waals surface area contributed by atoms with Crippen LogP contribution in [-0.2, 0) is 14.8 Å². The van der Waals surface area contributed by atoms with E-state index in [0.29, 0.717) is 0 Å². The Morgan fingerprint density at radius 1 is 1.17 bits per heavy atom. The average Bonchev–Trinajstić information content (AvgIpc) is 2.71. The van der Waals surface area contributed by atoms with Crippen molar-refractivity contribution in [3.05, 3.63) is 48.5 Å². The molecule has 1 heterocycles. The summed E-state index contributed by atoms with van der Waals surface area (Å²) in [5.41, 5.74) is 0.442. The van der Waals surface area contributed by atoms with Crippen LogP contribution in [0.3, 0.4) is 0 Å². The summed E-state index contributed by atoms with van der Waals surface area (Å²) in [4.78, 5) is 27.8. The minimum absolute atomic E-state index is 0.00880. The zero-order valence-electron chi connectivity index (χ0n) is 16.5. The van der Waals surface area contributed by atoms with Crippen molar-refractivity contribution in [2.45, 2.75) is 36.1 Å². The molecule has 0 aliphatic carbocycles. The smallest absolute Gasteiger partial charge is 0.343 e. The van der Waals surface area contributed by atoms with Gasteiger partial charge in [0.15, 0.2) is 0 Å². The van der Waals surface area contributed by atoms with Crippen LogP contribution in [0.15, 0.2) is 58.3 Å². The molecule has 1 atom stereocenters. The zero-order valence-corrected chi connectivity index (χ0v) is 18.1. The van der Waals surface area contributed by atoms with Gasteiger partial charge in [0.1, 0.15) is 11.4 Å².